The van der Waals surface area contributed by atoms with Crippen LogP contribution in [0.15, 0.2) is 5.16 Å². The van der Waals surface area contributed by atoms with Gasteiger partial charge in [0.25, 0.3) is 5.91 Å². The minimum atomic E-state index is -0.794. The normalized spacial score (nSPS) is 20.0. The summed E-state index contributed by atoms with van der Waals surface area (Å²) in [6.45, 7) is 8.20. The van der Waals surface area contributed by atoms with Gasteiger partial charge in [-0.15, -0.1) is 0 Å². The van der Waals surface area contributed by atoms with E-state index in [1.54, 1.807) is 25.9 Å². The van der Waals surface area contributed by atoms with E-state index >= 15 is 0 Å². The highest BCUT2D eigenvalue weighted by molar-refractivity contribution is 5.85. The van der Waals surface area contributed by atoms with Gasteiger partial charge in [-0.05, 0) is 20.3 Å². The quantitative estimate of drug-likeness (QED) is 0.323. The number of oxime groups is 1. The van der Waals surface area contributed by atoms with Gasteiger partial charge in [0.05, 0.1) is 6.04 Å². The van der Waals surface area contributed by atoms with E-state index in [1.807, 2.05) is 6.92 Å². The molecule has 1 heterocycles. The number of nitrogens with zero attached hydrogens (tertiary/aromatic N) is 3. The molecular weight excluding hydrogens is 260 g/mol. The van der Waals surface area contributed by atoms with Crippen molar-refractivity contribution in [2.24, 2.45) is 10.9 Å². The third-order valence-corrected chi connectivity index (χ3v) is 3.91. The van der Waals surface area contributed by atoms with Crippen molar-refractivity contribution in [2.45, 2.75) is 38.8 Å². The molecule has 0 bridgehead atoms. The molecule has 0 radical (unpaired) electrons. The highest BCUT2D eigenvalue weighted by Crippen LogP contribution is 2.16. The molecule has 1 unspecified atom stereocenters. The molecule has 1 amide bonds. The predicted molar refractivity (Wildman–Crippen MR) is 76.7 cm³/mol. The number of hydrogen-bond donors (Lipinski definition) is 2. The lowest BCUT2D eigenvalue weighted by Gasteiger charge is -2.40. The van der Waals surface area contributed by atoms with Crippen molar-refractivity contribution in [3.8, 4) is 0 Å². The van der Waals surface area contributed by atoms with Crippen LogP contribution in [0.4, 0.5) is 0 Å². The molecule has 3 N–H and O–H groups in total. The smallest absolute Gasteiger partial charge is 0.254 e. The molecule has 7 nitrogen and oxygen atoms in total. The summed E-state index contributed by atoms with van der Waals surface area (Å²) in [5.41, 5.74) is 4.91. The Balaban J connectivity index is 2.62. The van der Waals surface area contributed by atoms with Crippen molar-refractivity contribution in [2.75, 3.05) is 33.3 Å². The van der Waals surface area contributed by atoms with Crippen LogP contribution in [0.5, 0.6) is 0 Å². The number of amidine groups is 1. The first-order valence-electron chi connectivity index (χ1n) is 6.93. The van der Waals surface area contributed by atoms with Crippen molar-refractivity contribution in [3.05, 3.63) is 0 Å². The van der Waals surface area contributed by atoms with Crippen LogP contribution >= 0.6 is 0 Å². The molecule has 1 fully saturated rings. The maximum absolute atomic E-state index is 12.3. The summed E-state index contributed by atoms with van der Waals surface area (Å²) in [6, 6.07) is -0.0762. The van der Waals surface area contributed by atoms with E-state index in [-0.39, 0.29) is 17.8 Å². The summed E-state index contributed by atoms with van der Waals surface area (Å²) in [7, 11) is 1.54. The van der Waals surface area contributed by atoms with Gasteiger partial charge in [-0.1, -0.05) is 12.1 Å². The molecule has 0 saturated carbocycles. The summed E-state index contributed by atoms with van der Waals surface area (Å²) in [4.78, 5) is 16.2. The molecule has 116 valence electrons. The van der Waals surface area contributed by atoms with E-state index in [9.17, 15) is 4.79 Å². The van der Waals surface area contributed by atoms with Crippen molar-refractivity contribution in [3.63, 3.8) is 0 Å². The molecule has 20 heavy (non-hydrogen) atoms. The van der Waals surface area contributed by atoms with Gasteiger partial charge < -0.3 is 20.6 Å². The fourth-order valence-electron chi connectivity index (χ4n) is 2.43. The average Bonchev–Trinajstić information content (AvgIpc) is 2.47. The second-order valence-electron chi connectivity index (χ2n) is 5.49. The number of amides is 1. The number of piperazine rings is 1. The number of ether oxygens (including phenoxy) is 1. The Morgan fingerprint density at radius 1 is 1.40 bits per heavy atom. The van der Waals surface area contributed by atoms with E-state index in [4.69, 9.17) is 15.7 Å². The van der Waals surface area contributed by atoms with E-state index in [0.29, 0.717) is 26.2 Å². The van der Waals surface area contributed by atoms with Crippen LogP contribution < -0.4 is 5.73 Å². The molecule has 1 aliphatic rings. The SMILES string of the molecule is CCC(C(N)=NO)N1CCN(C(=O)C(C)(C)OC)CC1. The summed E-state index contributed by atoms with van der Waals surface area (Å²) in [5.74, 6) is 0.223. The minimum absolute atomic E-state index is 0.00324. The van der Waals surface area contributed by atoms with Crippen molar-refractivity contribution >= 4 is 11.7 Å². The molecule has 1 atom stereocenters. The molecule has 0 aromatic carbocycles. The Morgan fingerprint density at radius 3 is 2.35 bits per heavy atom. The van der Waals surface area contributed by atoms with Crippen LogP contribution in [0.25, 0.3) is 0 Å². The van der Waals surface area contributed by atoms with Crippen molar-refractivity contribution in [1.82, 2.24) is 9.80 Å². The summed E-state index contributed by atoms with van der Waals surface area (Å²) >= 11 is 0. The first-order valence-corrected chi connectivity index (χ1v) is 6.93. The summed E-state index contributed by atoms with van der Waals surface area (Å²) < 4.78 is 5.23. The third kappa shape index (κ3) is 3.61. The van der Waals surface area contributed by atoms with E-state index in [0.717, 1.165) is 6.42 Å². The van der Waals surface area contributed by atoms with Crippen LogP contribution in [0, 0.1) is 0 Å². The molecule has 1 saturated heterocycles. The molecule has 1 aliphatic heterocycles. The maximum Gasteiger partial charge on any atom is 0.254 e. The number of carbonyl (C=O) groups is 1. The highest BCUT2D eigenvalue weighted by atomic mass is 16.5. The topological polar surface area (TPSA) is 91.4 Å². The predicted octanol–water partition coefficient (Wildman–Crippen LogP) is 0.0806. The first kappa shape index (κ1) is 16.7. The Labute approximate surface area is 120 Å². The molecular formula is C13H26N4O3. The Morgan fingerprint density at radius 2 is 1.95 bits per heavy atom. The zero-order chi connectivity index (χ0) is 15.3. The van der Waals surface area contributed by atoms with Gasteiger partial charge in [0.1, 0.15) is 5.60 Å². The number of methoxy groups -OCH3 is 1. The van der Waals surface area contributed by atoms with Gasteiger partial charge in [-0.25, -0.2) is 0 Å². The zero-order valence-electron chi connectivity index (χ0n) is 12.8. The van der Waals surface area contributed by atoms with Gasteiger partial charge in [-0.2, -0.15) is 0 Å². The van der Waals surface area contributed by atoms with Gasteiger partial charge in [-0.3, -0.25) is 9.69 Å². The van der Waals surface area contributed by atoms with Crippen LogP contribution in [0.2, 0.25) is 0 Å². The third-order valence-electron chi connectivity index (χ3n) is 3.91. The fourth-order valence-corrected chi connectivity index (χ4v) is 2.43. The van der Waals surface area contributed by atoms with Crippen molar-refractivity contribution in [1.29, 1.82) is 0 Å². The molecule has 1 rings (SSSR count). The number of nitrogens with two attached hydrogens (primary N) is 1. The van der Waals surface area contributed by atoms with Gasteiger partial charge in [0.15, 0.2) is 5.84 Å². The molecule has 0 aromatic rings. The van der Waals surface area contributed by atoms with E-state index in [2.05, 4.69) is 10.1 Å². The van der Waals surface area contributed by atoms with Crippen LogP contribution in [0.3, 0.4) is 0 Å². The highest BCUT2D eigenvalue weighted by Gasteiger charge is 2.34. The molecule has 0 spiro atoms. The van der Waals surface area contributed by atoms with Gasteiger partial charge in [0, 0.05) is 33.3 Å². The molecule has 0 aliphatic carbocycles. The van der Waals surface area contributed by atoms with E-state index < -0.39 is 5.60 Å². The second-order valence-corrected chi connectivity index (χ2v) is 5.49. The van der Waals surface area contributed by atoms with Crippen LogP contribution in [-0.2, 0) is 9.53 Å². The fraction of sp³-hybridized carbons (Fsp3) is 0.846. The number of rotatable bonds is 5. The van der Waals surface area contributed by atoms with Gasteiger partial charge in [0.2, 0.25) is 0 Å². The Hall–Kier alpha value is -1.34. The molecule has 7 heteroatoms. The number of carbonyl (C=O) groups excluding carboxylic acids is 1. The summed E-state index contributed by atoms with van der Waals surface area (Å²) in [6.07, 6.45) is 0.771. The standard InChI is InChI=1S/C13H26N4O3/c1-5-10(11(14)15-19)16-6-8-17(9-7-16)12(18)13(2,3)20-4/h10,19H,5-9H2,1-4H3,(H2,14,15). The van der Waals surface area contributed by atoms with E-state index in [1.165, 1.54) is 0 Å². The first-order chi connectivity index (χ1) is 9.37. The zero-order valence-corrected chi connectivity index (χ0v) is 12.8. The summed E-state index contributed by atoms with van der Waals surface area (Å²) in [5, 5.41) is 11.9. The molecule has 0 aromatic heterocycles. The lowest BCUT2D eigenvalue weighted by Crippen LogP contribution is -2.58. The maximum atomic E-state index is 12.3. The largest absolute Gasteiger partial charge is 0.409 e. The monoisotopic (exact) mass is 286 g/mol. The van der Waals surface area contributed by atoms with Crippen LogP contribution in [0.1, 0.15) is 27.2 Å². The average molecular weight is 286 g/mol. The lowest BCUT2D eigenvalue weighted by molar-refractivity contribution is -0.152. The van der Waals surface area contributed by atoms with Gasteiger partial charge >= 0.3 is 0 Å². The van der Waals surface area contributed by atoms with Crippen molar-refractivity contribution < 1.29 is 14.7 Å². The Bertz CT molecular complexity index is 363. The Kier molecular flexibility index (Phi) is 5.76. The minimum Gasteiger partial charge on any atom is -0.409 e. The number of hydrogen-bond acceptors (Lipinski definition) is 5. The van der Waals surface area contributed by atoms with Crippen LogP contribution in [-0.4, -0.2) is 71.7 Å². The second kappa shape index (κ2) is 6.90. The lowest BCUT2D eigenvalue weighted by atomic mass is 10.1.